The van der Waals surface area contributed by atoms with Crippen LogP contribution in [0.4, 0.5) is 5.69 Å². The summed E-state index contributed by atoms with van der Waals surface area (Å²) in [6.45, 7) is 1.46. The van der Waals surface area contributed by atoms with Crippen molar-refractivity contribution in [1.29, 1.82) is 0 Å². The maximum absolute atomic E-state index is 13.4. The van der Waals surface area contributed by atoms with Gasteiger partial charge in [0.2, 0.25) is 0 Å². The molecule has 198 valence electrons. The lowest BCUT2D eigenvalue weighted by Gasteiger charge is -2.13. The third-order valence-corrected chi connectivity index (χ3v) is 7.98. The normalized spacial score (nSPS) is 13.9. The number of aromatic nitrogens is 1. The van der Waals surface area contributed by atoms with Crippen LogP contribution in [0.25, 0.3) is 22.6 Å². The van der Waals surface area contributed by atoms with Crippen molar-refractivity contribution in [2.24, 2.45) is 0 Å². The Kier molecular flexibility index (Phi) is 7.25. The van der Waals surface area contributed by atoms with E-state index in [0.717, 1.165) is 35.1 Å². The van der Waals surface area contributed by atoms with Crippen LogP contribution < -0.4 is 5.32 Å². The zero-order valence-corrected chi connectivity index (χ0v) is 22.9. The van der Waals surface area contributed by atoms with Crippen molar-refractivity contribution in [2.75, 3.05) is 18.2 Å². The monoisotopic (exact) mass is 560 g/mol. The number of hydrogen-bond acceptors (Lipinski definition) is 6. The largest absolute Gasteiger partial charge is 0.452 e. The highest BCUT2D eigenvalue weighted by Crippen LogP contribution is 2.38. The summed E-state index contributed by atoms with van der Waals surface area (Å²) in [4.78, 5) is 30.9. The Bertz CT molecular complexity index is 1760. The highest BCUT2D eigenvalue weighted by Gasteiger charge is 2.28. The fourth-order valence-corrected chi connectivity index (χ4v) is 5.41. The van der Waals surface area contributed by atoms with Gasteiger partial charge in [-0.1, -0.05) is 59.6 Å². The molecule has 0 spiro atoms. The van der Waals surface area contributed by atoms with Crippen LogP contribution in [0.1, 0.15) is 39.2 Å². The summed E-state index contributed by atoms with van der Waals surface area (Å²) in [5.41, 5.74) is 5.98. The predicted molar refractivity (Wildman–Crippen MR) is 153 cm³/mol. The molecule has 0 saturated heterocycles. The van der Waals surface area contributed by atoms with E-state index in [1.54, 1.807) is 0 Å². The summed E-state index contributed by atoms with van der Waals surface area (Å²) in [7, 11) is -3.50. The van der Waals surface area contributed by atoms with Gasteiger partial charge in [-0.05, 0) is 66.8 Å². The molecule has 1 N–H and O–H groups in total. The van der Waals surface area contributed by atoms with Crippen LogP contribution in [0.3, 0.4) is 0 Å². The maximum atomic E-state index is 13.4. The molecule has 0 unspecified atom stereocenters. The SMILES string of the molecule is Cc1ccc(/C=C2/CCc3c2nc2ccccc2c3C(=O)OCC(=O)Nc2cc(S(C)(=O)=O)ccc2Cl)cc1. The third-order valence-electron chi connectivity index (χ3n) is 6.54. The molecule has 1 aliphatic carbocycles. The van der Waals surface area contributed by atoms with E-state index >= 15 is 0 Å². The first kappa shape index (κ1) is 26.6. The zero-order chi connectivity index (χ0) is 27.7. The molecule has 0 aliphatic heterocycles. The summed E-state index contributed by atoms with van der Waals surface area (Å²) < 4.78 is 29.2. The summed E-state index contributed by atoms with van der Waals surface area (Å²) in [5, 5.41) is 3.34. The minimum Gasteiger partial charge on any atom is -0.452 e. The molecular formula is C30H25ClN2O5S. The molecule has 1 heterocycles. The lowest BCUT2D eigenvalue weighted by molar-refractivity contribution is -0.119. The number of halogens is 1. The predicted octanol–water partition coefficient (Wildman–Crippen LogP) is 5.88. The summed E-state index contributed by atoms with van der Waals surface area (Å²) >= 11 is 6.13. The number of sulfone groups is 1. The van der Waals surface area contributed by atoms with Crippen LogP contribution in [-0.4, -0.2) is 38.1 Å². The average molecular weight is 561 g/mol. The number of aryl methyl sites for hydroxylation is 1. The zero-order valence-electron chi connectivity index (χ0n) is 21.3. The molecule has 0 radical (unpaired) electrons. The van der Waals surface area contributed by atoms with Crippen LogP contribution in [0.5, 0.6) is 0 Å². The Morgan fingerprint density at radius 1 is 1.05 bits per heavy atom. The second kappa shape index (κ2) is 10.6. The van der Waals surface area contributed by atoms with Gasteiger partial charge >= 0.3 is 5.97 Å². The summed E-state index contributed by atoms with van der Waals surface area (Å²) in [6.07, 6.45) is 4.49. The Balaban J connectivity index is 1.41. The van der Waals surface area contributed by atoms with Gasteiger partial charge < -0.3 is 10.1 Å². The van der Waals surface area contributed by atoms with Crippen molar-refractivity contribution in [3.05, 3.63) is 99.7 Å². The molecule has 0 fully saturated rings. The van der Waals surface area contributed by atoms with Gasteiger partial charge in [0.05, 0.1) is 32.4 Å². The van der Waals surface area contributed by atoms with Crippen molar-refractivity contribution in [1.82, 2.24) is 4.98 Å². The van der Waals surface area contributed by atoms with E-state index in [9.17, 15) is 18.0 Å². The van der Waals surface area contributed by atoms with Crippen molar-refractivity contribution in [3.63, 3.8) is 0 Å². The first-order chi connectivity index (χ1) is 18.6. The lowest BCUT2D eigenvalue weighted by Crippen LogP contribution is -2.22. The van der Waals surface area contributed by atoms with E-state index in [2.05, 4.69) is 23.5 Å². The Labute approximate surface area is 231 Å². The minimum atomic E-state index is -3.50. The van der Waals surface area contributed by atoms with Crippen LogP contribution >= 0.6 is 11.6 Å². The first-order valence-electron chi connectivity index (χ1n) is 12.3. The van der Waals surface area contributed by atoms with E-state index in [4.69, 9.17) is 21.3 Å². The van der Waals surface area contributed by atoms with Crippen LogP contribution in [-0.2, 0) is 25.8 Å². The number of esters is 1. The molecule has 0 saturated carbocycles. The van der Waals surface area contributed by atoms with Gasteiger partial charge in [0.1, 0.15) is 0 Å². The van der Waals surface area contributed by atoms with E-state index < -0.39 is 28.3 Å². The molecular weight excluding hydrogens is 536 g/mol. The van der Waals surface area contributed by atoms with Crippen molar-refractivity contribution >= 4 is 61.6 Å². The number of nitrogens with zero attached hydrogens (tertiary/aromatic N) is 1. The second-order valence-corrected chi connectivity index (χ2v) is 11.9. The fourth-order valence-electron chi connectivity index (χ4n) is 4.60. The van der Waals surface area contributed by atoms with Gasteiger partial charge in [0, 0.05) is 11.6 Å². The number of nitrogens with one attached hydrogen (secondary N) is 1. The minimum absolute atomic E-state index is 0.00695. The number of para-hydroxylation sites is 1. The van der Waals surface area contributed by atoms with Crippen molar-refractivity contribution in [3.8, 4) is 0 Å². The highest BCUT2D eigenvalue weighted by molar-refractivity contribution is 7.90. The lowest BCUT2D eigenvalue weighted by atomic mass is 10.0. The van der Waals surface area contributed by atoms with Gasteiger partial charge in [0.15, 0.2) is 16.4 Å². The number of amides is 1. The number of carbonyl (C=O) groups excluding carboxylic acids is 2. The maximum Gasteiger partial charge on any atom is 0.339 e. The molecule has 1 aromatic heterocycles. The number of anilines is 1. The molecule has 1 aliphatic rings. The number of carbonyl (C=O) groups is 2. The van der Waals surface area contributed by atoms with Crippen LogP contribution in [0, 0.1) is 6.92 Å². The second-order valence-electron chi connectivity index (χ2n) is 9.45. The van der Waals surface area contributed by atoms with Gasteiger partial charge in [-0.2, -0.15) is 0 Å². The van der Waals surface area contributed by atoms with Gasteiger partial charge in [0.25, 0.3) is 5.91 Å². The van der Waals surface area contributed by atoms with E-state index in [0.29, 0.717) is 22.9 Å². The molecule has 39 heavy (non-hydrogen) atoms. The van der Waals surface area contributed by atoms with Crippen LogP contribution in [0.15, 0.2) is 71.6 Å². The molecule has 9 heteroatoms. The number of hydrogen-bond donors (Lipinski definition) is 1. The highest BCUT2D eigenvalue weighted by atomic mass is 35.5. The number of pyridine rings is 1. The molecule has 0 atom stereocenters. The van der Waals surface area contributed by atoms with E-state index in [1.807, 2.05) is 43.3 Å². The smallest absolute Gasteiger partial charge is 0.339 e. The standard InChI is InChI=1S/C30H25ClN2O5S/c1-18-7-9-19(10-8-18)15-20-11-13-23-28(22-5-3-4-6-25(22)33-29(20)23)30(35)38-17-27(34)32-26-16-21(39(2,36)37)12-14-24(26)31/h3-10,12,14-16H,11,13,17H2,1-2H3,(H,32,34)/b20-15-. The molecule has 3 aromatic carbocycles. The van der Waals surface area contributed by atoms with Gasteiger partial charge in [-0.15, -0.1) is 0 Å². The number of fused-ring (bicyclic) bond motifs is 2. The number of rotatable bonds is 6. The summed E-state index contributed by atoms with van der Waals surface area (Å²) in [6, 6.07) is 19.5. The Morgan fingerprint density at radius 2 is 1.79 bits per heavy atom. The Hall–Kier alpha value is -4.01. The number of ether oxygens (including phenoxy) is 1. The molecule has 5 rings (SSSR count). The molecule has 0 bridgehead atoms. The topological polar surface area (TPSA) is 102 Å². The van der Waals surface area contributed by atoms with Gasteiger partial charge in [-0.25, -0.2) is 18.2 Å². The van der Waals surface area contributed by atoms with E-state index in [-0.39, 0.29) is 15.6 Å². The average Bonchev–Trinajstić information content (AvgIpc) is 3.29. The molecule has 7 nitrogen and oxygen atoms in total. The first-order valence-corrected chi connectivity index (χ1v) is 14.5. The molecule has 4 aromatic rings. The number of allylic oxidation sites excluding steroid dienone is 1. The summed E-state index contributed by atoms with van der Waals surface area (Å²) in [5.74, 6) is -1.28. The quantitative estimate of drug-likeness (QED) is 0.295. The molecule has 1 amide bonds. The Morgan fingerprint density at radius 3 is 2.54 bits per heavy atom. The fraction of sp³-hybridized carbons (Fsp3) is 0.167. The van der Waals surface area contributed by atoms with E-state index in [1.165, 1.54) is 23.8 Å². The van der Waals surface area contributed by atoms with Crippen molar-refractivity contribution in [2.45, 2.75) is 24.7 Å². The number of benzene rings is 3. The third kappa shape index (κ3) is 5.72. The van der Waals surface area contributed by atoms with Gasteiger partial charge in [-0.3, -0.25) is 4.79 Å². The van der Waals surface area contributed by atoms with Crippen molar-refractivity contribution < 1.29 is 22.7 Å². The van der Waals surface area contributed by atoms with Crippen LogP contribution in [0.2, 0.25) is 5.02 Å².